The number of carbonyl (C=O) groups excluding carboxylic acids is 2. The van der Waals surface area contributed by atoms with E-state index in [2.05, 4.69) is 0 Å². The minimum atomic E-state index is -0.342. The third kappa shape index (κ3) is 9.69. The summed E-state index contributed by atoms with van der Waals surface area (Å²) >= 11 is 0. The average Bonchev–Trinajstić information content (AvgIpc) is 2.58. The van der Waals surface area contributed by atoms with Crippen molar-refractivity contribution >= 4 is 11.9 Å². The lowest BCUT2D eigenvalue weighted by atomic mass is 9.97. The van der Waals surface area contributed by atoms with E-state index in [1.54, 1.807) is 7.11 Å². The summed E-state index contributed by atoms with van der Waals surface area (Å²) in [4.78, 5) is 22.0. The molecule has 0 amide bonds. The fourth-order valence-electron chi connectivity index (χ4n) is 2.06. The van der Waals surface area contributed by atoms with Crippen LogP contribution in [0.1, 0.15) is 31.7 Å². The van der Waals surface area contributed by atoms with Crippen LogP contribution >= 0.6 is 0 Å². The van der Waals surface area contributed by atoms with Crippen molar-refractivity contribution in [2.45, 2.75) is 26.2 Å². The molecule has 0 saturated carbocycles. The normalized spacial score (nSPS) is 11.6. The van der Waals surface area contributed by atoms with Crippen molar-refractivity contribution in [1.29, 1.82) is 0 Å². The summed E-state index contributed by atoms with van der Waals surface area (Å²) in [6.07, 6.45) is 0.563. The summed E-state index contributed by atoms with van der Waals surface area (Å²) in [5.41, 5.74) is 0.973. The lowest BCUT2D eigenvalue weighted by Gasteiger charge is -2.17. The minimum absolute atomic E-state index is 0.0600. The van der Waals surface area contributed by atoms with E-state index in [0.717, 1.165) is 5.56 Å². The fraction of sp³-hybridized carbons (Fsp3) is 0.556. The number of rotatable bonds is 12. The van der Waals surface area contributed by atoms with Crippen molar-refractivity contribution in [2.75, 3.05) is 40.3 Å². The molecule has 1 aromatic rings. The zero-order chi connectivity index (χ0) is 18.5. The molecule has 1 rings (SSSR count). The number of ether oxygens (including phenoxy) is 5. The second-order valence-electron chi connectivity index (χ2n) is 5.36. The molecule has 1 aromatic carbocycles. The van der Waals surface area contributed by atoms with Gasteiger partial charge in [0.05, 0.1) is 26.4 Å². The second-order valence-corrected chi connectivity index (χ2v) is 5.36. The Labute approximate surface area is 148 Å². The lowest BCUT2D eigenvalue weighted by molar-refractivity contribution is -0.144. The van der Waals surface area contributed by atoms with Gasteiger partial charge in [-0.15, -0.1) is 0 Å². The molecule has 0 bridgehead atoms. The first kappa shape index (κ1) is 20.9. The molecule has 0 fully saturated rings. The highest BCUT2D eigenvalue weighted by molar-refractivity contribution is 5.66. The van der Waals surface area contributed by atoms with Gasteiger partial charge in [0.1, 0.15) is 5.75 Å². The van der Waals surface area contributed by atoms with Crippen LogP contribution < -0.4 is 4.74 Å². The summed E-state index contributed by atoms with van der Waals surface area (Å²) in [6, 6.07) is 7.43. The molecule has 0 N–H and O–H groups in total. The van der Waals surface area contributed by atoms with E-state index >= 15 is 0 Å². The molecule has 25 heavy (non-hydrogen) atoms. The highest BCUT2D eigenvalue weighted by atomic mass is 16.7. The van der Waals surface area contributed by atoms with E-state index in [4.69, 9.17) is 23.7 Å². The number of carbonyl (C=O) groups is 2. The molecule has 0 aliphatic carbocycles. The Kier molecular flexibility index (Phi) is 10.3. The first-order valence-corrected chi connectivity index (χ1v) is 8.09. The standard InChI is InChI=1S/C18H26O7/c1-14(19)23-9-8-17(12-24-15(2)20)16-4-6-18(7-5-16)25-13-22-11-10-21-3/h4-7,17H,8-13H2,1-3H3. The van der Waals surface area contributed by atoms with Gasteiger partial charge in [0, 0.05) is 26.9 Å². The van der Waals surface area contributed by atoms with E-state index in [1.807, 2.05) is 24.3 Å². The first-order chi connectivity index (χ1) is 12.0. The zero-order valence-corrected chi connectivity index (χ0v) is 15.0. The Morgan fingerprint density at radius 1 is 0.960 bits per heavy atom. The molecule has 7 nitrogen and oxygen atoms in total. The maximum Gasteiger partial charge on any atom is 0.302 e. The molecule has 7 heteroatoms. The predicted molar refractivity (Wildman–Crippen MR) is 90.4 cm³/mol. The van der Waals surface area contributed by atoms with Crippen molar-refractivity contribution in [2.24, 2.45) is 0 Å². The molecule has 0 spiro atoms. The van der Waals surface area contributed by atoms with E-state index < -0.39 is 0 Å². The van der Waals surface area contributed by atoms with Crippen molar-refractivity contribution < 1.29 is 33.3 Å². The number of esters is 2. The predicted octanol–water partition coefficient (Wildman–Crippen LogP) is 2.29. The third-order valence-corrected chi connectivity index (χ3v) is 3.35. The summed E-state index contributed by atoms with van der Waals surface area (Å²) in [5, 5.41) is 0. The highest BCUT2D eigenvalue weighted by Crippen LogP contribution is 2.23. The van der Waals surface area contributed by atoms with Crippen LogP contribution in [0.2, 0.25) is 0 Å². The SMILES string of the molecule is COCCOCOc1ccc(C(CCOC(C)=O)COC(C)=O)cc1. The topological polar surface area (TPSA) is 80.3 Å². The smallest absolute Gasteiger partial charge is 0.302 e. The summed E-state index contributed by atoms with van der Waals surface area (Å²) in [7, 11) is 1.61. The van der Waals surface area contributed by atoms with E-state index in [0.29, 0.717) is 25.4 Å². The number of hydrogen-bond donors (Lipinski definition) is 0. The van der Waals surface area contributed by atoms with Gasteiger partial charge in [-0.1, -0.05) is 12.1 Å². The first-order valence-electron chi connectivity index (χ1n) is 8.09. The van der Waals surface area contributed by atoms with Gasteiger partial charge in [0.15, 0.2) is 6.79 Å². The fourth-order valence-corrected chi connectivity index (χ4v) is 2.06. The van der Waals surface area contributed by atoms with Gasteiger partial charge in [-0.2, -0.15) is 0 Å². The van der Waals surface area contributed by atoms with Gasteiger partial charge in [0.25, 0.3) is 0 Å². The van der Waals surface area contributed by atoms with Gasteiger partial charge in [0.2, 0.25) is 0 Å². The molecule has 0 aliphatic rings. The van der Waals surface area contributed by atoms with Crippen LogP contribution in [0.3, 0.4) is 0 Å². The largest absolute Gasteiger partial charge is 0.468 e. The summed E-state index contributed by atoms with van der Waals surface area (Å²) in [5.74, 6) is -0.0586. The van der Waals surface area contributed by atoms with Gasteiger partial charge < -0.3 is 23.7 Å². The Hall–Kier alpha value is -2.12. The van der Waals surface area contributed by atoms with E-state index in [9.17, 15) is 9.59 Å². The van der Waals surface area contributed by atoms with Crippen molar-refractivity contribution in [3.63, 3.8) is 0 Å². The second kappa shape index (κ2) is 12.3. The van der Waals surface area contributed by atoms with Gasteiger partial charge in [-0.25, -0.2) is 0 Å². The van der Waals surface area contributed by atoms with Crippen LogP contribution in [-0.2, 0) is 28.5 Å². The molecule has 140 valence electrons. The minimum Gasteiger partial charge on any atom is -0.468 e. The average molecular weight is 354 g/mol. The molecule has 1 unspecified atom stereocenters. The molecule has 0 radical (unpaired) electrons. The number of hydrogen-bond acceptors (Lipinski definition) is 7. The third-order valence-electron chi connectivity index (χ3n) is 3.35. The van der Waals surface area contributed by atoms with Crippen LogP contribution in [0.25, 0.3) is 0 Å². The Bertz CT molecular complexity index is 513. The monoisotopic (exact) mass is 354 g/mol. The van der Waals surface area contributed by atoms with Gasteiger partial charge in [-0.05, 0) is 24.1 Å². The van der Waals surface area contributed by atoms with Crippen LogP contribution in [0.4, 0.5) is 0 Å². The van der Waals surface area contributed by atoms with Gasteiger partial charge >= 0.3 is 11.9 Å². The van der Waals surface area contributed by atoms with Crippen LogP contribution in [0.15, 0.2) is 24.3 Å². The van der Waals surface area contributed by atoms with Crippen LogP contribution in [0, 0.1) is 0 Å². The molecule has 1 atom stereocenters. The van der Waals surface area contributed by atoms with Crippen molar-refractivity contribution in [3.05, 3.63) is 29.8 Å². The number of methoxy groups -OCH3 is 1. The Morgan fingerprint density at radius 2 is 1.64 bits per heavy atom. The summed E-state index contributed by atoms with van der Waals surface area (Å²) in [6.45, 7) is 4.36. The van der Waals surface area contributed by atoms with Gasteiger partial charge in [-0.3, -0.25) is 9.59 Å². The maximum absolute atomic E-state index is 11.1. The molecular weight excluding hydrogens is 328 g/mol. The Balaban J connectivity index is 2.55. The van der Waals surface area contributed by atoms with Crippen molar-refractivity contribution in [1.82, 2.24) is 0 Å². The maximum atomic E-state index is 11.1. The molecular formula is C18H26O7. The quantitative estimate of drug-likeness (QED) is 0.324. The van der Waals surface area contributed by atoms with Crippen molar-refractivity contribution in [3.8, 4) is 5.75 Å². The summed E-state index contributed by atoms with van der Waals surface area (Å²) < 4.78 is 25.7. The van der Waals surface area contributed by atoms with E-state index in [1.165, 1.54) is 13.8 Å². The van der Waals surface area contributed by atoms with Crippen LogP contribution in [0.5, 0.6) is 5.75 Å². The number of benzene rings is 1. The van der Waals surface area contributed by atoms with Crippen LogP contribution in [-0.4, -0.2) is 52.3 Å². The molecule has 0 saturated heterocycles. The molecule has 0 heterocycles. The van der Waals surface area contributed by atoms with E-state index in [-0.39, 0.29) is 37.9 Å². The molecule has 0 aliphatic heterocycles. The zero-order valence-electron chi connectivity index (χ0n) is 15.0. The highest BCUT2D eigenvalue weighted by Gasteiger charge is 2.14. The Morgan fingerprint density at radius 3 is 2.24 bits per heavy atom. The molecule has 0 aromatic heterocycles. The lowest BCUT2D eigenvalue weighted by Crippen LogP contribution is -2.14.